The maximum atomic E-state index is 9.73. The average molecular weight is 632 g/mol. The lowest BCUT2D eigenvalue weighted by Gasteiger charge is -2.11. The number of benzene rings is 7. The van der Waals surface area contributed by atoms with E-state index in [2.05, 4.69) is 9.97 Å². The quantitative estimate of drug-likeness (QED) is 0.193. The minimum Gasteiger partial charge on any atom is -0.456 e. The van der Waals surface area contributed by atoms with Gasteiger partial charge in [0.25, 0.3) is 0 Å². The number of hydrogen-bond acceptors (Lipinski definition) is 5. The van der Waals surface area contributed by atoms with Crippen LogP contribution in [0.5, 0.6) is 0 Å². The molecule has 0 fully saturated rings. The van der Waals surface area contributed by atoms with Gasteiger partial charge >= 0.3 is 0 Å². The molecule has 10 rings (SSSR count). The van der Waals surface area contributed by atoms with Crippen molar-refractivity contribution in [3.8, 4) is 45.3 Å². The zero-order chi connectivity index (χ0) is 45.5. The lowest BCUT2D eigenvalue weighted by molar-refractivity contribution is 0.668. The Morgan fingerprint density at radius 2 is 1.15 bits per heavy atom. The maximum absolute atomic E-state index is 9.73. The number of fused-ring (bicyclic) bond motifs is 7. The number of furan rings is 2. The molecule has 0 bridgehead atoms. The highest BCUT2D eigenvalue weighted by molar-refractivity contribution is 6.20. The van der Waals surface area contributed by atoms with Gasteiger partial charge in [0.2, 0.25) is 0 Å². The van der Waals surface area contributed by atoms with Gasteiger partial charge in [0.1, 0.15) is 22.3 Å². The lowest BCUT2D eigenvalue weighted by atomic mass is 9.95. The van der Waals surface area contributed by atoms with Crippen LogP contribution in [0.1, 0.15) is 21.9 Å². The van der Waals surface area contributed by atoms with E-state index in [0.717, 1.165) is 10.8 Å². The first-order chi connectivity index (χ1) is 30.4. The van der Waals surface area contributed by atoms with E-state index in [0.29, 0.717) is 5.56 Å². The van der Waals surface area contributed by atoms with E-state index in [1.807, 2.05) is 24.3 Å². The van der Waals surface area contributed by atoms with Gasteiger partial charge in [-0.25, -0.2) is 15.0 Å². The molecule has 0 aliphatic rings. The van der Waals surface area contributed by atoms with Gasteiger partial charge in [-0.15, -0.1) is 0 Å². The van der Waals surface area contributed by atoms with Gasteiger partial charge in [-0.3, -0.25) is 0 Å². The van der Waals surface area contributed by atoms with Gasteiger partial charge in [0, 0.05) is 43.8 Å². The van der Waals surface area contributed by atoms with Crippen LogP contribution in [-0.2, 0) is 0 Å². The van der Waals surface area contributed by atoms with Gasteiger partial charge < -0.3 is 8.83 Å². The smallest absolute Gasteiger partial charge is 0.164 e. The van der Waals surface area contributed by atoms with Crippen molar-refractivity contribution < 1.29 is 30.8 Å². The van der Waals surface area contributed by atoms with Crippen molar-refractivity contribution >= 4 is 54.6 Å². The molecule has 5 heteroatoms. The minimum atomic E-state index is -0.678. The van der Waals surface area contributed by atoms with Crippen molar-refractivity contribution in [3.05, 3.63) is 151 Å². The first-order valence-electron chi connectivity index (χ1n) is 22.6. The molecule has 0 aliphatic heterocycles. The summed E-state index contributed by atoms with van der Waals surface area (Å²) < 4.78 is 152. The first-order valence-corrected chi connectivity index (χ1v) is 14.6. The summed E-state index contributed by atoms with van der Waals surface area (Å²) >= 11 is 0. The molecule has 0 saturated heterocycles. The number of nitrogens with zero attached hydrogens (tertiary/aromatic N) is 3. The van der Waals surface area contributed by atoms with Crippen molar-refractivity contribution in [1.82, 2.24) is 15.0 Å². The summed E-state index contributed by atoms with van der Waals surface area (Å²) in [6.07, 6.45) is 0. The highest BCUT2D eigenvalue weighted by atomic mass is 16.3. The van der Waals surface area contributed by atoms with Crippen molar-refractivity contribution in [1.29, 1.82) is 0 Å². The van der Waals surface area contributed by atoms with E-state index in [1.54, 1.807) is 18.2 Å². The van der Waals surface area contributed by atoms with Gasteiger partial charge in [-0.1, -0.05) is 115 Å². The van der Waals surface area contributed by atoms with Crippen LogP contribution in [0.4, 0.5) is 0 Å². The Morgan fingerprint density at radius 3 is 2.04 bits per heavy atom. The van der Waals surface area contributed by atoms with Crippen LogP contribution in [0.3, 0.4) is 0 Å². The summed E-state index contributed by atoms with van der Waals surface area (Å²) in [6.45, 7) is 0. The molecule has 224 valence electrons. The van der Waals surface area contributed by atoms with Crippen LogP contribution in [-0.4, -0.2) is 15.0 Å². The van der Waals surface area contributed by atoms with Crippen LogP contribution in [0.2, 0.25) is 0 Å². The molecule has 3 aromatic heterocycles. The second-order valence-electron chi connectivity index (χ2n) is 10.8. The fourth-order valence-electron chi connectivity index (χ4n) is 5.93. The molecule has 3 heterocycles. The zero-order valence-electron chi connectivity index (χ0n) is 40.4. The monoisotopic (exact) mass is 631 g/mol. The summed E-state index contributed by atoms with van der Waals surface area (Å²) in [5.41, 5.74) is -1.75. The minimum absolute atomic E-state index is 0.0298. The molecule has 48 heavy (non-hydrogen) atoms. The van der Waals surface area contributed by atoms with E-state index in [1.165, 1.54) is 12.1 Å². The SMILES string of the molecule is [2H]c1cc2c(oc3c([2H])c([2H])cc(-c4c([2H])c([2H])c(-c5nc(-c6ccc7ccccc7c6)nc(-c6c([2H])c([2H])c([2H])c([2H])c6[2H])n5)c5c4oc4c([2H])c([2H])c([2H])c([2H])c45)c32)c([2H])c1[2H]. The Labute approximate surface area is 297 Å². The highest BCUT2D eigenvalue weighted by Gasteiger charge is 2.22. The summed E-state index contributed by atoms with van der Waals surface area (Å²) in [6, 6.07) is 5.83. The molecule has 0 spiro atoms. The fourth-order valence-corrected chi connectivity index (χ4v) is 5.93. The molecule has 10 aromatic rings. The largest absolute Gasteiger partial charge is 0.456 e. The first kappa shape index (κ1) is 15.3. The fraction of sp³-hybridized carbons (Fsp3) is 0. The van der Waals surface area contributed by atoms with Crippen LogP contribution in [0.15, 0.2) is 160 Å². The molecule has 0 aliphatic carbocycles. The summed E-state index contributed by atoms with van der Waals surface area (Å²) in [5, 5.41) is 1.29. The van der Waals surface area contributed by atoms with Crippen molar-refractivity contribution in [3.63, 3.8) is 0 Å². The number of aromatic nitrogens is 3. The van der Waals surface area contributed by atoms with Gasteiger partial charge in [0.05, 0.1) is 21.9 Å². The molecule has 0 amide bonds. The third-order valence-corrected chi connectivity index (χ3v) is 8.06. The Morgan fingerprint density at radius 1 is 0.438 bits per heavy atom. The van der Waals surface area contributed by atoms with E-state index in [4.69, 9.17) is 33.0 Å². The third-order valence-electron chi connectivity index (χ3n) is 8.06. The highest BCUT2D eigenvalue weighted by Crippen LogP contribution is 2.44. The normalized spacial score (nSPS) is 16.4. The molecule has 0 atom stereocenters. The summed E-state index contributed by atoms with van der Waals surface area (Å²) in [5.74, 6) is -0.893. The summed E-state index contributed by atoms with van der Waals surface area (Å²) in [4.78, 5) is 14.0. The van der Waals surface area contributed by atoms with Crippen LogP contribution >= 0.6 is 0 Å². The van der Waals surface area contributed by atoms with E-state index < -0.39 is 108 Å². The Hall–Kier alpha value is -6.59. The Kier molecular flexibility index (Phi) is 3.35. The van der Waals surface area contributed by atoms with Gasteiger partial charge in [-0.2, -0.15) is 0 Å². The van der Waals surface area contributed by atoms with Crippen LogP contribution in [0.25, 0.3) is 99.9 Å². The number of rotatable bonds is 4. The van der Waals surface area contributed by atoms with E-state index in [9.17, 15) is 2.74 Å². The molecule has 0 N–H and O–H groups in total. The molecule has 0 radical (unpaired) electrons. The predicted octanol–water partition coefficient (Wildman–Crippen LogP) is 11.5. The number of para-hydroxylation sites is 2. The molecular formula is C43H25N3O2. The molecule has 0 saturated carbocycles. The van der Waals surface area contributed by atoms with Crippen molar-refractivity contribution in [2.45, 2.75) is 0 Å². The molecular weight excluding hydrogens is 590 g/mol. The third kappa shape index (κ3) is 4.15. The van der Waals surface area contributed by atoms with E-state index >= 15 is 0 Å². The predicted molar refractivity (Wildman–Crippen MR) is 194 cm³/mol. The topological polar surface area (TPSA) is 65.0 Å². The molecule has 0 unspecified atom stereocenters. The van der Waals surface area contributed by atoms with Gasteiger partial charge in [-0.05, 0) is 52.6 Å². The second kappa shape index (κ2) is 10.5. The van der Waals surface area contributed by atoms with Crippen LogP contribution in [0, 0.1) is 0 Å². The van der Waals surface area contributed by atoms with Crippen molar-refractivity contribution in [2.75, 3.05) is 0 Å². The lowest BCUT2D eigenvalue weighted by Crippen LogP contribution is -2.00. The maximum Gasteiger partial charge on any atom is 0.164 e. The standard InChI is InChI=1S/C43H25N3O2/c1-2-12-27(13-3-1)41-44-42(29-22-21-26-11-4-5-14-28(26)25-29)46-43(45-41)34-24-23-31(40-39(34)33-16-7-9-19-36(33)48-40)30-17-10-20-37-38(30)32-15-6-8-18-35(32)47-37/h1-25H/i1D,2D,3D,6D,7D,8D,9D,10D,12D,13D,16D,18D,19D,20D,23D,24D. The summed E-state index contributed by atoms with van der Waals surface area (Å²) in [7, 11) is 0. The van der Waals surface area contributed by atoms with Crippen molar-refractivity contribution in [2.24, 2.45) is 0 Å². The number of hydrogen-bond donors (Lipinski definition) is 0. The van der Waals surface area contributed by atoms with Gasteiger partial charge in [0.15, 0.2) is 17.5 Å². The average Bonchev–Trinajstić information content (AvgIpc) is 3.87. The Bertz CT molecular complexity index is 3740. The second-order valence-corrected chi connectivity index (χ2v) is 10.8. The van der Waals surface area contributed by atoms with E-state index in [-0.39, 0.29) is 72.4 Å². The zero-order valence-corrected chi connectivity index (χ0v) is 24.4. The molecule has 5 nitrogen and oxygen atoms in total. The van der Waals surface area contributed by atoms with Crippen LogP contribution < -0.4 is 0 Å². The Balaban J connectivity index is 1.40. The molecule has 7 aromatic carbocycles.